The number of rotatable bonds is 26. The Kier molecular flexibility index (Phi) is 28.0. The number of hydrogen-bond donors (Lipinski definition) is 0. The number of unbranched alkanes of at least 4 members (excludes halogenated alkanes) is 20. The topological polar surface area (TPSA) is 52.6 Å². The second kappa shape index (κ2) is 28.1. The molecule has 0 aliphatic heterocycles. The molecule has 4 nitrogen and oxygen atoms in total. The van der Waals surface area contributed by atoms with Crippen LogP contribution in [0.2, 0.25) is 0 Å². The summed E-state index contributed by atoms with van der Waals surface area (Å²) in [7, 11) is 0. The number of hydrogen-bond acceptors (Lipinski definition) is 4. The van der Waals surface area contributed by atoms with Crippen LogP contribution in [0.1, 0.15) is 168 Å². The van der Waals surface area contributed by atoms with Gasteiger partial charge < -0.3 is 0 Å². The van der Waals surface area contributed by atoms with Crippen molar-refractivity contribution in [2.45, 2.75) is 168 Å². The standard InChI is InChI=1S/2C14H28O2.Pb/c2*1-2-3-4-5-6-7-8-9-10-11-12-13-14(15)16;/h2*2-13H2,1H3,(H,15,16);/q;;+2/p-2. The average molecular weight is 662 g/mol. The van der Waals surface area contributed by atoms with Gasteiger partial charge >= 0.3 is 180 Å². The van der Waals surface area contributed by atoms with E-state index in [1.165, 1.54) is 116 Å². The van der Waals surface area contributed by atoms with E-state index < -0.39 is 25.1 Å². The molecule has 0 heterocycles. The minimum absolute atomic E-state index is 0.170. The van der Waals surface area contributed by atoms with Crippen LogP contribution in [0.4, 0.5) is 0 Å². The summed E-state index contributed by atoms with van der Waals surface area (Å²) >= 11 is -2.01. The van der Waals surface area contributed by atoms with Crippen LogP contribution in [-0.4, -0.2) is 37.1 Å². The molecule has 0 spiro atoms. The summed E-state index contributed by atoms with van der Waals surface area (Å²) in [6.45, 7) is 4.51. The maximum absolute atomic E-state index is 11.8. The van der Waals surface area contributed by atoms with Gasteiger partial charge in [0.2, 0.25) is 0 Å². The summed E-state index contributed by atoms with van der Waals surface area (Å²) in [5, 5.41) is 0. The Labute approximate surface area is 219 Å². The zero-order valence-corrected chi connectivity index (χ0v) is 26.0. The molecule has 0 N–H and O–H groups in total. The van der Waals surface area contributed by atoms with Crippen molar-refractivity contribution in [3.8, 4) is 0 Å². The Hall–Kier alpha value is -0.138. The van der Waals surface area contributed by atoms with Gasteiger partial charge in [-0.3, -0.25) is 0 Å². The smallest absolute Gasteiger partial charge is 0.0654 e. The Morgan fingerprint density at radius 1 is 0.424 bits per heavy atom. The Balaban J connectivity index is 3.29. The van der Waals surface area contributed by atoms with Gasteiger partial charge in [-0.05, 0) is 0 Å². The van der Waals surface area contributed by atoms with E-state index in [9.17, 15) is 9.59 Å². The molecule has 0 saturated carbocycles. The molecule has 0 aromatic carbocycles. The summed E-state index contributed by atoms with van der Waals surface area (Å²) in [4.78, 5) is 23.6. The van der Waals surface area contributed by atoms with Crippen molar-refractivity contribution in [3.63, 3.8) is 0 Å². The molecule has 5 heteroatoms. The van der Waals surface area contributed by atoms with E-state index in [4.69, 9.17) is 5.37 Å². The van der Waals surface area contributed by atoms with Gasteiger partial charge in [-0.25, -0.2) is 0 Å². The fourth-order valence-electron chi connectivity index (χ4n) is 4.08. The fourth-order valence-corrected chi connectivity index (χ4v) is 5.76. The first-order chi connectivity index (χ1) is 16.2. The van der Waals surface area contributed by atoms with E-state index in [0.717, 1.165) is 25.7 Å². The molecule has 0 fully saturated rings. The fraction of sp³-hybridized carbons (Fsp3) is 0.929. The molecule has 194 valence electrons. The van der Waals surface area contributed by atoms with Crippen LogP contribution < -0.4 is 0 Å². The Bertz CT molecular complexity index is 390. The molecule has 0 rings (SSSR count). The van der Waals surface area contributed by atoms with Crippen molar-refractivity contribution in [1.82, 2.24) is 0 Å². The summed E-state index contributed by atoms with van der Waals surface area (Å²) in [5.74, 6) is -0.339. The SMILES string of the molecule is CCCCCCCCCCCCCC(=O)[O][Pb][O]C(=O)CCCCCCCCCCCCC. The van der Waals surface area contributed by atoms with Gasteiger partial charge in [-0.15, -0.1) is 0 Å². The van der Waals surface area contributed by atoms with Crippen molar-refractivity contribution < 1.29 is 15.0 Å². The van der Waals surface area contributed by atoms with Gasteiger partial charge in [0.15, 0.2) is 0 Å². The van der Waals surface area contributed by atoms with Gasteiger partial charge in [-0.1, -0.05) is 39.5 Å². The van der Waals surface area contributed by atoms with E-state index in [1.54, 1.807) is 0 Å². The Morgan fingerprint density at radius 3 is 0.939 bits per heavy atom. The zero-order valence-electron chi connectivity index (χ0n) is 22.1. The van der Waals surface area contributed by atoms with Gasteiger partial charge in [0.05, 0.1) is 0 Å². The van der Waals surface area contributed by atoms with Gasteiger partial charge in [0, 0.05) is 0 Å². The van der Waals surface area contributed by atoms with Crippen molar-refractivity contribution >= 4 is 37.1 Å². The maximum atomic E-state index is 11.8. The van der Waals surface area contributed by atoms with Crippen molar-refractivity contribution in [3.05, 3.63) is 0 Å². The third-order valence-corrected chi connectivity index (χ3v) is 8.70. The van der Waals surface area contributed by atoms with Crippen LogP contribution in [0.15, 0.2) is 0 Å². The van der Waals surface area contributed by atoms with Crippen LogP contribution in [0.5, 0.6) is 0 Å². The molecule has 0 aromatic heterocycles. The third kappa shape index (κ3) is 28.0. The number of carbonyl (C=O) groups excluding carboxylic acids is 2. The normalized spacial score (nSPS) is 11.0. The van der Waals surface area contributed by atoms with E-state index >= 15 is 0 Å². The van der Waals surface area contributed by atoms with Gasteiger partial charge in [0.25, 0.3) is 0 Å². The van der Waals surface area contributed by atoms with Gasteiger partial charge in [-0.2, -0.15) is 0 Å². The van der Waals surface area contributed by atoms with Crippen molar-refractivity contribution in [2.24, 2.45) is 0 Å². The summed E-state index contributed by atoms with van der Waals surface area (Å²) in [5.41, 5.74) is 0. The van der Waals surface area contributed by atoms with E-state index in [2.05, 4.69) is 13.8 Å². The van der Waals surface area contributed by atoms with Gasteiger partial charge in [0.1, 0.15) is 0 Å². The predicted molar refractivity (Wildman–Crippen MR) is 140 cm³/mol. The summed E-state index contributed by atoms with van der Waals surface area (Å²) < 4.78 is 10.4. The summed E-state index contributed by atoms with van der Waals surface area (Å²) in [6, 6.07) is 0. The first-order valence-corrected chi connectivity index (χ1v) is 17.5. The van der Waals surface area contributed by atoms with Crippen LogP contribution >= 0.6 is 0 Å². The quantitative estimate of drug-likeness (QED) is 0.0686. The average Bonchev–Trinajstić information content (AvgIpc) is 2.81. The second-order valence-electron chi connectivity index (χ2n) is 9.60. The Morgan fingerprint density at radius 2 is 0.667 bits per heavy atom. The van der Waals surface area contributed by atoms with Crippen LogP contribution in [0, 0.1) is 0 Å². The minimum atomic E-state index is -2.01. The monoisotopic (exact) mass is 662 g/mol. The predicted octanol–water partition coefficient (Wildman–Crippen LogP) is 9.01. The zero-order chi connectivity index (χ0) is 24.2. The molecule has 0 aliphatic carbocycles. The molecule has 0 atom stereocenters. The first kappa shape index (κ1) is 32.9. The first-order valence-electron chi connectivity index (χ1n) is 14.3. The molecule has 0 aliphatic rings. The molecule has 0 unspecified atom stereocenters. The van der Waals surface area contributed by atoms with Crippen LogP contribution in [-0.2, 0) is 15.0 Å². The summed E-state index contributed by atoms with van der Waals surface area (Å²) in [6.07, 6.45) is 28.9. The van der Waals surface area contributed by atoms with Crippen molar-refractivity contribution in [1.29, 1.82) is 0 Å². The van der Waals surface area contributed by atoms with E-state index in [0.29, 0.717) is 12.8 Å². The molecule has 0 aromatic rings. The number of carbonyl (C=O) groups is 2. The van der Waals surface area contributed by atoms with Crippen LogP contribution in [0.3, 0.4) is 0 Å². The molecular formula is C28H54O4Pb. The molecule has 33 heavy (non-hydrogen) atoms. The van der Waals surface area contributed by atoms with E-state index in [-0.39, 0.29) is 11.9 Å². The van der Waals surface area contributed by atoms with E-state index in [1.807, 2.05) is 0 Å². The molecule has 0 saturated heterocycles. The molecule has 0 amide bonds. The van der Waals surface area contributed by atoms with Crippen molar-refractivity contribution in [2.75, 3.05) is 0 Å². The van der Waals surface area contributed by atoms with Crippen LogP contribution in [0.25, 0.3) is 0 Å². The third-order valence-electron chi connectivity index (χ3n) is 6.28. The second-order valence-corrected chi connectivity index (χ2v) is 11.8. The molecule has 2 radical (unpaired) electrons. The molecule has 0 bridgehead atoms. The minimum Gasteiger partial charge on any atom is -0.0654 e. The molecular weight excluding hydrogens is 608 g/mol.